The predicted octanol–water partition coefficient (Wildman–Crippen LogP) is 3.23. The quantitative estimate of drug-likeness (QED) is 0.876. The van der Waals surface area contributed by atoms with E-state index in [9.17, 15) is 4.79 Å². The van der Waals surface area contributed by atoms with E-state index >= 15 is 0 Å². The van der Waals surface area contributed by atoms with E-state index in [0.717, 1.165) is 37.3 Å². The topological polar surface area (TPSA) is 59.8 Å². The van der Waals surface area contributed by atoms with Crippen LogP contribution in [-0.2, 0) is 10.3 Å². The van der Waals surface area contributed by atoms with Crippen LogP contribution in [-0.4, -0.2) is 20.5 Å². The van der Waals surface area contributed by atoms with Crippen LogP contribution in [0.25, 0.3) is 0 Å². The smallest absolute Gasteiger partial charge is 0.225 e. The van der Waals surface area contributed by atoms with Crippen molar-refractivity contribution in [2.24, 2.45) is 5.92 Å². The van der Waals surface area contributed by atoms with Crippen LogP contribution in [0.5, 0.6) is 0 Å². The molecule has 24 heavy (non-hydrogen) atoms. The van der Waals surface area contributed by atoms with Crippen molar-refractivity contribution in [1.29, 1.82) is 0 Å². The molecule has 5 rings (SSSR count). The third-order valence-corrected chi connectivity index (χ3v) is 5.89. The molecule has 2 aromatic rings. The molecule has 5 heteroatoms. The van der Waals surface area contributed by atoms with Gasteiger partial charge in [-0.15, -0.1) is 0 Å². The van der Waals surface area contributed by atoms with Gasteiger partial charge in [0.2, 0.25) is 5.95 Å². The van der Waals surface area contributed by atoms with E-state index in [-0.39, 0.29) is 17.4 Å². The zero-order valence-electron chi connectivity index (χ0n) is 13.5. The van der Waals surface area contributed by atoms with Crippen molar-refractivity contribution in [3.8, 4) is 0 Å². The molecule has 122 valence electrons. The average molecular weight is 320 g/mol. The molecule has 0 radical (unpaired) electrons. The van der Waals surface area contributed by atoms with Gasteiger partial charge in [0.25, 0.3) is 0 Å². The normalized spacial score (nSPS) is 27.3. The third kappa shape index (κ3) is 1.84. The molecule has 3 aliphatic rings. The summed E-state index contributed by atoms with van der Waals surface area (Å²) in [4.78, 5) is 17.5. The number of carbonyl (C=O) groups is 1. The molecule has 0 bridgehead atoms. The Bertz CT molecular complexity index is 817. The van der Waals surface area contributed by atoms with E-state index in [2.05, 4.69) is 33.6 Å². The van der Waals surface area contributed by atoms with E-state index in [1.54, 1.807) is 6.33 Å². The van der Waals surface area contributed by atoms with Crippen LogP contribution < -0.4 is 5.32 Å². The number of hydrogen-bond donors (Lipinski definition) is 1. The van der Waals surface area contributed by atoms with Gasteiger partial charge in [0.15, 0.2) is 0 Å². The largest absolute Gasteiger partial charge is 0.328 e. The Morgan fingerprint density at radius 3 is 2.75 bits per heavy atom. The molecule has 5 nitrogen and oxygen atoms in total. The fraction of sp³-hybridized carbons (Fsp3) is 0.421. The van der Waals surface area contributed by atoms with Gasteiger partial charge in [-0.3, -0.25) is 4.79 Å². The number of nitrogens with one attached hydrogen (secondary N) is 1. The molecule has 2 heterocycles. The number of Topliss-reactive ketones (excluding diaryl/α,β-unsaturated/α-hetero) is 1. The van der Waals surface area contributed by atoms with Gasteiger partial charge in [0, 0.05) is 18.0 Å². The molecule has 1 aromatic heterocycles. The van der Waals surface area contributed by atoms with Gasteiger partial charge >= 0.3 is 0 Å². The first-order valence-electron chi connectivity index (χ1n) is 8.75. The predicted molar refractivity (Wildman–Crippen MR) is 90.5 cm³/mol. The minimum Gasteiger partial charge on any atom is -0.328 e. The summed E-state index contributed by atoms with van der Waals surface area (Å²) in [6.45, 7) is 0. The molecule has 2 aliphatic carbocycles. The minimum absolute atomic E-state index is 0.103. The summed E-state index contributed by atoms with van der Waals surface area (Å²) in [7, 11) is 0. The summed E-state index contributed by atoms with van der Waals surface area (Å²) in [6, 6.07) is 10.3. The van der Waals surface area contributed by atoms with Gasteiger partial charge in [-0.25, -0.2) is 4.68 Å². The Balaban J connectivity index is 1.63. The maximum absolute atomic E-state index is 13.2. The average Bonchev–Trinajstić information content (AvgIpc) is 3.25. The summed E-state index contributed by atoms with van der Waals surface area (Å²) in [5.74, 6) is 1.15. The number of hydrogen-bond acceptors (Lipinski definition) is 4. The number of aromatic nitrogens is 3. The number of allylic oxidation sites excluding steroid dienone is 2. The van der Waals surface area contributed by atoms with Crippen molar-refractivity contribution in [1.82, 2.24) is 14.8 Å². The number of benzene rings is 1. The van der Waals surface area contributed by atoms with Crippen LogP contribution in [0.2, 0.25) is 0 Å². The Hall–Kier alpha value is -2.43. The summed E-state index contributed by atoms with van der Waals surface area (Å²) in [5.41, 5.74) is 2.02. The number of fused-ring (bicyclic) bond motifs is 4. The molecule has 1 aromatic carbocycles. The van der Waals surface area contributed by atoms with Crippen molar-refractivity contribution in [3.05, 3.63) is 54.0 Å². The van der Waals surface area contributed by atoms with Gasteiger partial charge in [0.1, 0.15) is 12.1 Å². The Kier molecular flexibility index (Phi) is 2.93. The highest BCUT2D eigenvalue weighted by molar-refractivity contribution is 5.89. The second-order valence-electron chi connectivity index (χ2n) is 7.17. The number of nitrogens with zero attached hydrogens (tertiary/aromatic N) is 3. The molecular formula is C19H20N4O. The second kappa shape index (κ2) is 5.03. The number of carbonyl (C=O) groups excluding carboxylic acids is 1. The zero-order chi connectivity index (χ0) is 16.1. The summed E-state index contributed by atoms with van der Waals surface area (Å²) < 4.78 is 1.99. The summed E-state index contributed by atoms with van der Waals surface area (Å²) in [5, 5.41) is 7.85. The van der Waals surface area contributed by atoms with Crippen LogP contribution in [0.3, 0.4) is 0 Å². The fourth-order valence-electron chi connectivity index (χ4n) is 4.89. The molecule has 0 amide bonds. The highest BCUT2D eigenvalue weighted by Crippen LogP contribution is 2.52. The van der Waals surface area contributed by atoms with Gasteiger partial charge in [-0.1, -0.05) is 49.2 Å². The molecule has 1 spiro atoms. The van der Waals surface area contributed by atoms with E-state index in [4.69, 9.17) is 0 Å². The maximum Gasteiger partial charge on any atom is 0.225 e. The lowest BCUT2D eigenvalue weighted by Crippen LogP contribution is -2.51. The van der Waals surface area contributed by atoms with E-state index in [1.807, 2.05) is 22.9 Å². The molecule has 1 fully saturated rings. The lowest BCUT2D eigenvalue weighted by molar-refractivity contribution is -0.126. The van der Waals surface area contributed by atoms with Crippen molar-refractivity contribution < 1.29 is 4.79 Å². The van der Waals surface area contributed by atoms with Crippen molar-refractivity contribution in [3.63, 3.8) is 0 Å². The van der Waals surface area contributed by atoms with Crippen molar-refractivity contribution >= 4 is 11.7 Å². The lowest BCUT2D eigenvalue weighted by Gasteiger charge is -2.45. The summed E-state index contributed by atoms with van der Waals surface area (Å²) in [6.07, 6.45) is 8.74. The van der Waals surface area contributed by atoms with Crippen molar-refractivity contribution in [2.45, 2.75) is 43.6 Å². The highest BCUT2D eigenvalue weighted by Gasteiger charge is 2.54. The van der Waals surface area contributed by atoms with E-state index in [0.29, 0.717) is 12.2 Å². The summed E-state index contributed by atoms with van der Waals surface area (Å²) >= 11 is 0. The third-order valence-electron chi connectivity index (χ3n) is 5.89. The molecule has 1 N–H and O–H groups in total. The van der Waals surface area contributed by atoms with E-state index in [1.165, 1.54) is 5.56 Å². The molecular weight excluding hydrogens is 300 g/mol. The minimum atomic E-state index is -0.207. The van der Waals surface area contributed by atoms with Crippen LogP contribution >= 0.6 is 0 Å². The molecule has 0 unspecified atom stereocenters. The molecule has 2 atom stereocenters. The van der Waals surface area contributed by atoms with Crippen LogP contribution in [0.15, 0.2) is 48.4 Å². The van der Waals surface area contributed by atoms with Gasteiger partial charge in [-0.2, -0.15) is 10.1 Å². The maximum atomic E-state index is 13.2. The molecule has 1 saturated carbocycles. The van der Waals surface area contributed by atoms with Crippen LogP contribution in [0.1, 0.15) is 43.6 Å². The standard InChI is InChI=1S/C19H20N4O/c24-16-11-14(13-6-2-1-3-7-13)10-15-17(16)19(8-4-5-9-19)23-18(22-15)20-12-21-23/h1-3,6-7,10,12,14,17H,4-5,8-9,11H2,(H,20,21,22)/t14-,17-/m0/s1. The number of anilines is 1. The van der Waals surface area contributed by atoms with Crippen LogP contribution in [0.4, 0.5) is 5.95 Å². The van der Waals surface area contributed by atoms with Gasteiger partial charge in [-0.05, 0) is 18.4 Å². The SMILES string of the molecule is O=C1C[C@@H](c2ccccc2)C=C2Nc3ncnn3C3(CCCC3)[C@H]12. The molecule has 0 saturated heterocycles. The first kappa shape index (κ1) is 14.0. The van der Waals surface area contributed by atoms with Crippen molar-refractivity contribution in [2.75, 3.05) is 5.32 Å². The van der Waals surface area contributed by atoms with Gasteiger partial charge < -0.3 is 5.32 Å². The fourth-order valence-corrected chi connectivity index (χ4v) is 4.89. The Morgan fingerprint density at radius 2 is 1.96 bits per heavy atom. The first-order valence-corrected chi connectivity index (χ1v) is 8.75. The van der Waals surface area contributed by atoms with Gasteiger partial charge in [0.05, 0.1) is 11.5 Å². The molecule has 1 aliphatic heterocycles. The van der Waals surface area contributed by atoms with Crippen LogP contribution in [0, 0.1) is 5.92 Å². The lowest BCUT2D eigenvalue weighted by atomic mass is 9.70. The Morgan fingerprint density at radius 1 is 1.17 bits per heavy atom. The highest BCUT2D eigenvalue weighted by atomic mass is 16.1. The first-order chi connectivity index (χ1) is 11.8. The number of ketones is 1. The zero-order valence-corrected chi connectivity index (χ0v) is 13.5. The Labute approximate surface area is 140 Å². The van der Waals surface area contributed by atoms with E-state index < -0.39 is 0 Å². The second-order valence-corrected chi connectivity index (χ2v) is 7.17. The number of rotatable bonds is 1. The monoisotopic (exact) mass is 320 g/mol.